The van der Waals surface area contributed by atoms with Gasteiger partial charge in [-0.2, -0.15) is 8.42 Å². The maximum Gasteiger partial charge on any atom is 0.294 e. The van der Waals surface area contributed by atoms with Crippen LogP contribution in [0.4, 0.5) is 0 Å². The molecular formula is C9H6N2O4S. The Kier molecular flexibility index (Phi) is 2.41. The lowest BCUT2D eigenvalue weighted by Crippen LogP contribution is -1.97. The van der Waals surface area contributed by atoms with Gasteiger partial charge < -0.3 is 0 Å². The van der Waals surface area contributed by atoms with Crippen molar-refractivity contribution in [2.75, 3.05) is 0 Å². The Labute approximate surface area is 91.1 Å². The normalized spacial score (nSPS) is 15.3. The molecule has 1 heterocycles. The van der Waals surface area contributed by atoms with Crippen LogP contribution in [0.1, 0.15) is 5.56 Å². The molecular weight excluding hydrogens is 232 g/mol. The van der Waals surface area contributed by atoms with Crippen molar-refractivity contribution in [2.24, 2.45) is 10.2 Å². The number of carbonyl (C=O) groups excluding carboxylic acids is 1. The molecule has 2 rings (SSSR count). The van der Waals surface area contributed by atoms with Crippen molar-refractivity contribution in [1.29, 1.82) is 0 Å². The molecule has 0 bridgehead atoms. The van der Waals surface area contributed by atoms with E-state index in [4.69, 9.17) is 4.55 Å². The van der Waals surface area contributed by atoms with Crippen LogP contribution in [0.3, 0.4) is 0 Å². The third kappa shape index (κ3) is 2.05. The van der Waals surface area contributed by atoms with Crippen LogP contribution in [0, 0.1) is 0 Å². The van der Waals surface area contributed by atoms with Crippen LogP contribution in [0.25, 0.3) is 5.70 Å². The number of amides is 1. The Hall–Kier alpha value is -1.86. The van der Waals surface area contributed by atoms with Crippen molar-refractivity contribution >= 4 is 21.7 Å². The van der Waals surface area contributed by atoms with E-state index in [-0.39, 0.29) is 4.90 Å². The van der Waals surface area contributed by atoms with Gasteiger partial charge in [0.1, 0.15) is 0 Å². The fourth-order valence-corrected chi connectivity index (χ4v) is 1.70. The van der Waals surface area contributed by atoms with E-state index in [9.17, 15) is 13.2 Å². The summed E-state index contributed by atoms with van der Waals surface area (Å²) in [7, 11) is -4.19. The van der Waals surface area contributed by atoms with Gasteiger partial charge in [0.2, 0.25) is 0 Å². The van der Waals surface area contributed by atoms with Gasteiger partial charge >= 0.3 is 0 Å². The second-order valence-corrected chi connectivity index (χ2v) is 4.49. The minimum Gasteiger partial charge on any atom is -0.282 e. The highest BCUT2D eigenvalue weighted by Gasteiger charge is 2.13. The molecule has 0 spiro atoms. The number of benzene rings is 1. The van der Waals surface area contributed by atoms with Crippen molar-refractivity contribution < 1.29 is 17.8 Å². The van der Waals surface area contributed by atoms with E-state index in [1.54, 1.807) is 0 Å². The zero-order chi connectivity index (χ0) is 11.8. The maximum absolute atomic E-state index is 10.8. The maximum atomic E-state index is 10.8. The van der Waals surface area contributed by atoms with Crippen LogP contribution in [-0.4, -0.2) is 18.9 Å². The molecule has 82 valence electrons. The quantitative estimate of drug-likeness (QED) is 0.784. The minimum absolute atomic E-state index is 0.210. The van der Waals surface area contributed by atoms with Crippen LogP contribution in [0.5, 0.6) is 0 Å². The van der Waals surface area contributed by atoms with Gasteiger partial charge in [0, 0.05) is 11.6 Å². The van der Waals surface area contributed by atoms with E-state index in [1.807, 2.05) is 0 Å². The summed E-state index contributed by atoms with van der Waals surface area (Å²) in [6.07, 6.45) is 1.24. The monoisotopic (exact) mass is 238 g/mol. The summed E-state index contributed by atoms with van der Waals surface area (Å²) in [6.45, 7) is 0. The standard InChI is InChI=1S/C9H6N2O4S/c12-9-5-8(10-11-9)6-1-3-7(4-2-6)16(13,14)15/h1-5H,(H,13,14,15). The largest absolute Gasteiger partial charge is 0.294 e. The zero-order valence-electron chi connectivity index (χ0n) is 7.86. The van der Waals surface area contributed by atoms with E-state index >= 15 is 0 Å². The fraction of sp³-hybridized carbons (Fsp3) is 0. The molecule has 0 atom stereocenters. The minimum atomic E-state index is -4.19. The van der Waals surface area contributed by atoms with Crippen LogP contribution < -0.4 is 0 Å². The number of carbonyl (C=O) groups is 1. The molecule has 0 aromatic heterocycles. The first kappa shape index (κ1) is 10.7. The average Bonchev–Trinajstić information content (AvgIpc) is 2.64. The Bertz CT molecular complexity index is 599. The number of hydrogen-bond donors (Lipinski definition) is 1. The smallest absolute Gasteiger partial charge is 0.282 e. The van der Waals surface area contributed by atoms with E-state index < -0.39 is 16.0 Å². The van der Waals surface area contributed by atoms with E-state index in [0.29, 0.717) is 11.3 Å². The van der Waals surface area contributed by atoms with Crippen LogP contribution in [0.2, 0.25) is 0 Å². The van der Waals surface area contributed by atoms with Crippen LogP contribution in [0.15, 0.2) is 45.5 Å². The topological polar surface area (TPSA) is 96.2 Å². The highest BCUT2D eigenvalue weighted by Crippen LogP contribution is 2.21. The third-order valence-electron chi connectivity index (χ3n) is 1.96. The number of nitrogens with zero attached hydrogens (tertiary/aromatic N) is 2. The molecule has 0 saturated carbocycles. The Morgan fingerprint density at radius 1 is 1.06 bits per heavy atom. The zero-order valence-corrected chi connectivity index (χ0v) is 8.68. The van der Waals surface area contributed by atoms with Gasteiger partial charge in [-0.05, 0) is 12.1 Å². The van der Waals surface area contributed by atoms with Crippen molar-refractivity contribution in [3.05, 3.63) is 35.9 Å². The summed E-state index contributed by atoms with van der Waals surface area (Å²) in [5, 5.41) is 6.89. The molecule has 6 nitrogen and oxygen atoms in total. The first-order chi connectivity index (χ1) is 7.47. The molecule has 1 aromatic rings. The lowest BCUT2D eigenvalue weighted by atomic mass is 10.1. The summed E-state index contributed by atoms with van der Waals surface area (Å²) < 4.78 is 30.3. The Morgan fingerprint density at radius 3 is 2.12 bits per heavy atom. The first-order valence-electron chi connectivity index (χ1n) is 4.22. The summed E-state index contributed by atoms with van der Waals surface area (Å²) in [6, 6.07) is 5.33. The van der Waals surface area contributed by atoms with Gasteiger partial charge in [-0.15, -0.1) is 10.2 Å². The number of azo groups is 1. The molecule has 1 amide bonds. The second kappa shape index (κ2) is 3.62. The highest BCUT2D eigenvalue weighted by molar-refractivity contribution is 7.85. The van der Waals surface area contributed by atoms with Crippen molar-refractivity contribution in [3.8, 4) is 0 Å². The van der Waals surface area contributed by atoms with E-state index in [1.165, 1.54) is 30.3 Å². The van der Waals surface area contributed by atoms with E-state index in [2.05, 4.69) is 10.2 Å². The third-order valence-corrected chi connectivity index (χ3v) is 2.83. The molecule has 0 fully saturated rings. The lowest BCUT2D eigenvalue weighted by molar-refractivity contribution is -0.113. The fourth-order valence-electron chi connectivity index (χ4n) is 1.22. The summed E-state index contributed by atoms with van der Waals surface area (Å²) in [5.74, 6) is -0.450. The highest BCUT2D eigenvalue weighted by atomic mass is 32.2. The average molecular weight is 238 g/mol. The van der Waals surface area contributed by atoms with Gasteiger partial charge in [-0.3, -0.25) is 9.35 Å². The molecule has 1 aromatic carbocycles. The Morgan fingerprint density at radius 2 is 1.69 bits per heavy atom. The Balaban J connectivity index is 2.38. The SMILES string of the molecule is O=C1C=C(c2ccc(S(=O)(=O)O)cc2)N=N1. The van der Waals surface area contributed by atoms with Crippen molar-refractivity contribution in [2.45, 2.75) is 4.90 Å². The molecule has 0 radical (unpaired) electrons. The van der Waals surface area contributed by atoms with Gasteiger partial charge in [-0.1, -0.05) is 12.1 Å². The predicted octanol–water partition coefficient (Wildman–Crippen LogP) is 1.27. The molecule has 1 N–H and O–H groups in total. The number of rotatable bonds is 2. The van der Waals surface area contributed by atoms with Gasteiger partial charge in [-0.25, -0.2) is 0 Å². The predicted molar refractivity (Wildman–Crippen MR) is 54.1 cm³/mol. The van der Waals surface area contributed by atoms with Gasteiger partial charge in [0.25, 0.3) is 16.0 Å². The summed E-state index contributed by atoms with van der Waals surface area (Å²) in [5.41, 5.74) is 0.925. The first-order valence-corrected chi connectivity index (χ1v) is 5.66. The lowest BCUT2D eigenvalue weighted by Gasteiger charge is -1.99. The molecule has 0 unspecified atom stereocenters. The molecule has 7 heteroatoms. The molecule has 0 saturated heterocycles. The molecule has 1 aliphatic heterocycles. The molecule has 16 heavy (non-hydrogen) atoms. The second-order valence-electron chi connectivity index (χ2n) is 3.07. The number of hydrogen-bond acceptors (Lipinski definition) is 4. The van der Waals surface area contributed by atoms with Crippen molar-refractivity contribution in [3.63, 3.8) is 0 Å². The summed E-state index contributed by atoms with van der Waals surface area (Å²) >= 11 is 0. The van der Waals surface area contributed by atoms with Gasteiger partial charge in [0.15, 0.2) is 0 Å². The van der Waals surface area contributed by atoms with Gasteiger partial charge in [0.05, 0.1) is 10.6 Å². The van der Waals surface area contributed by atoms with E-state index in [0.717, 1.165) is 0 Å². The van der Waals surface area contributed by atoms with Crippen LogP contribution in [-0.2, 0) is 14.9 Å². The van der Waals surface area contributed by atoms with Crippen molar-refractivity contribution in [1.82, 2.24) is 0 Å². The molecule has 0 aliphatic carbocycles. The summed E-state index contributed by atoms with van der Waals surface area (Å²) in [4.78, 5) is 10.6. The molecule has 1 aliphatic rings. The van der Waals surface area contributed by atoms with Crippen LogP contribution >= 0.6 is 0 Å².